The summed E-state index contributed by atoms with van der Waals surface area (Å²) in [7, 11) is 0. The van der Waals surface area contributed by atoms with Gasteiger partial charge in [-0.2, -0.15) is 0 Å². The SMILES string of the molecule is O=C1C(=O)c2ccc(NC(=O)C(Cl)(Cl)Cl)cc2-c2ccccc21. The van der Waals surface area contributed by atoms with E-state index in [4.69, 9.17) is 34.8 Å². The van der Waals surface area contributed by atoms with Crippen molar-refractivity contribution in [1.82, 2.24) is 0 Å². The summed E-state index contributed by atoms with van der Waals surface area (Å²) in [5, 5.41) is 2.46. The molecule has 0 radical (unpaired) electrons. The molecule has 0 heterocycles. The second kappa shape index (κ2) is 5.64. The quantitative estimate of drug-likeness (QED) is 0.610. The van der Waals surface area contributed by atoms with Crippen LogP contribution in [0.25, 0.3) is 11.1 Å². The summed E-state index contributed by atoms with van der Waals surface area (Å²) in [5.41, 5.74) is 2.14. The summed E-state index contributed by atoms with van der Waals surface area (Å²) < 4.78 is -2.10. The number of Topliss-reactive ketones (excluding diaryl/α,β-unsaturated/α-hetero) is 2. The van der Waals surface area contributed by atoms with Crippen molar-refractivity contribution >= 4 is 58.0 Å². The average Bonchev–Trinajstić information content (AvgIpc) is 2.51. The Hall–Kier alpha value is -1.88. The topological polar surface area (TPSA) is 63.2 Å². The summed E-state index contributed by atoms with van der Waals surface area (Å²) in [6, 6.07) is 11.3. The molecule has 1 amide bonds. The Kier molecular flexibility index (Phi) is 3.92. The molecule has 23 heavy (non-hydrogen) atoms. The van der Waals surface area contributed by atoms with E-state index in [-0.39, 0.29) is 5.56 Å². The highest BCUT2D eigenvalue weighted by molar-refractivity contribution is 6.76. The molecule has 0 aromatic heterocycles. The van der Waals surface area contributed by atoms with Crippen LogP contribution in [0.3, 0.4) is 0 Å². The van der Waals surface area contributed by atoms with Gasteiger partial charge in [0.05, 0.1) is 0 Å². The lowest BCUT2D eigenvalue weighted by Crippen LogP contribution is -2.27. The zero-order valence-corrected chi connectivity index (χ0v) is 13.7. The fourth-order valence-corrected chi connectivity index (χ4v) is 2.55. The van der Waals surface area contributed by atoms with Gasteiger partial charge in [-0.25, -0.2) is 0 Å². The number of benzene rings is 2. The normalized spacial score (nSPS) is 13.3. The summed E-state index contributed by atoms with van der Waals surface area (Å²) in [5.74, 6) is -1.95. The van der Waals surface area contributed by atoms with E-state index >= 15 is 0 Å². The van der Waals surface area contributed by atoms with E-state index in [9.17, 15) is 14.4 Å². The lowest BCUT2D eigenvalue weighted by atomic mass is 9.84. The Morgan fingerprint density at radius 2 is 1.39 bits per heavy atom. The van der Waals surface area contributed by atoms with Crippen molar-refractivity contribution in [2.45, 2.75) is 3.79 Å². The van der Waals surface area contributed by atoms with Gasteiger partial charge in [0.1, 0.15) is 0 Å². The monoisotopic (exact) mass is 367 g/mol. The Labute approximate surface area is 146 Å². The lowest BCUT2D eigenvalue weighted by Gasteiger charge is -2.19. The van der Waals surface area contributed by atoms with Crippen molar-refractivity contribution in [2.24, 2.45) is 0 Å². The summed E-state index contributed by atoms with van der Waals surface area (Å²) >= 11 is 16.6. The molecule has 0 aliphatic heterocycles. The minimum atomic E-state index is -2.10. The van der Waals surface area contributed by atoms with Gasteiger partial charge in [-0.3, -0.25) is 14.4 Å². The highest BCUT2D eigenvalue weighted by Crippen LogP contribution is 2.35. The molecule has 0 atom stereocenters. The van der Waals surface area contributed by atoms with E-state index in [1.165, 1.54) is 12.1 Å². The van der Waals surface area contributed by atoms with Gasteiger partial charge in [-0.05, 0) is 29.3 Å². The molecule has 0 spiro atoms. The van der Waals surface area contributed by atoms with Crippen LogP contribution in [-0.2, 0) is 4.79 Å². The minimum Gasteiger partial charge on any atom is -0.322 e. The third kappa shape index (κ3) is 2.85. The molecular weight excluding hydrogens is 361 g/mol. The maximum absolute atomic E-state index is 12.2. The molecule has 116 valence electrons. The second-order valence-electron chi connectivity index (χ2n) is 4.92. The van der Waals surface area contributed by atoms with Crippen LogP contribution in [0.15, 0.2) is 42.5 Å². The first-order chi connectivity index (χ1) is 10.8. The van der Waals surface area contributed by atoms with Gasteiger partial charge in [0.25, 0.3) is 9.70 Å². The van der Waals surface area contributed by atoms with Crippen LogP contribution >= 0.6 is 34.8 Å². The van der Waals surface area contributed by atoms with E-state index in [0.29, 0.717) is 22.4 Å². The summed E-state index contributed by atoms with van der Waals surface area (Å²) in [6.07, 6.45) is 0. The van der Waals surface area contributed by atoms with Gasteiger partial charge in [0.15, 0.2) is 0 Å². The molecule has 0 saturated carbocycles. The first-order valence-corrected chi connectivity index (χ1v) is 7.63. The standard InChI is InChI=1S/C16H8Cl3NO3/c17-16(18,19)15(23)20-8-5-6-11-12(7-8)9-3-1-2-4-10(9)13(21)14(11)22/h1-7H,(H,20,23). The van der Waals surface area contributed by atoms with E-state index in [2.05, 4.69) is 5.32 Å². The van der Waals surface area contributed by atoms with Crippen molar-refractivity contribution in [1.29, 1.82) is 0 Å². The largest absolute Gasteiger partial charge is 0.322 e. The van der Waals surface area contributed by atoms with Crippen molar-refractivity contribution in [3.05, 3.63) is 53.6 Å². The number of alkyl halides is 3. The predicted molar refractivity (Wildman–Crippen MR) is 89.5 cm³/mol. The van der Waals surface area contributed by atoms with E-state index in [1.54, 1.807) is 30.3 Å². The van der Waals surface area contributed by atoms with Gasteiger partial charge in [-0.15, -0.1) is 0 Å². The van der Waals surface area contributed by atoms with E-state index < -0.39 is 21.3 Å². The number of amides is 1. The maximum atomic E-state index is 12.2. The Bertz CT molecular complexity index is 856. The van der Waals surface area contributed by atoms with Crippen molar-refractivity contribution in [3.8, 4) is 11.1 Å². The average molecular weight is 369 g/mol. The number of anilines is 1. The predicted octanol–water partition coefficient (Wildman–Crippen LogP) is 4.04. The maximum Gasteiger partial charge on any atom is 0.276 e. The first kappa shape index (κ1) is 16.0. The van der Waals surface area contributed by atoms with Crippen molar-refractivity contribution < 1.29 is 14.4 Å². The van der Waals surface area contributed by atoms with Crippen LogP contribution in [0, 0.1) is 0 Å². The number of ketones is 2. The third-order valence-corrected chi connectivity index (χ3v) is 3.96. The molecule has 1 N–H and O–H groups in total. The number of carbonyl (C=O) groups is 3. The van der Waals surface area contributed by atoms with Crippen LogP contribution < -0.4 is 5.32 Å². The number of halogens is 3. The number of hydrogen-bond donors (Lipinski definition) is 1. The Morgan fingerprint density at radius 3 is 2.00 bits per heavy atom. The van der Waals surface area contributed by atoms with E-state index in [0.717, 1.165) is 0 Å². The molecule has 1 aliphatic carbocycles. The van der Waals surface area contributed by atoms with Crippen LogP contribution in [-0.4, -0.2) is 21.3 Å². The molecule has 0 bridgehead atoms. The number of fused-ring (bicyclic) bond motifs is 3. The summed E-state index contributed by atoms with van der Waals surface area (Å²) in [6.45, 7) is 0. The fraction of sp³-hybridized carbons (Fsp3) is 0.0625. The molecule has 7 heteroatoms. The van der Waals surface area contributed by atoms with E-state index in [1.807, 2.05) is 0 Å². The van der Waals surface area contributed by atoms with Gasteiger partial charge >= 0.3 is 0 Å². The third-order valence-electron chi connectivity index (χ3n) is 3.45. The lowest BCUT2D eigenvalue weighted by molar-refractivity contribution is -0.115. The van der Waals surface area contributed by atoms with Gasteiger partial charge < -0.3 is 5.32 Å². The minimum absolute atomic E-state index is 0.278. The number of carbonyl (C=O) groups excluding carboxylic acids is 3. The zero-order valence-electron chi connectivity index (χ0n) is 11.4. The van der Waals surface area contributed by atoms with Crippen LogP contribution in [0.5, 0.6) is 0 Å². The van der Waals surface area contributed by atoms with Crippen LogP contribution in [0.2, 0.25) is 0 Å². The fourth-order valence-electron chi connectivity index (χ4n) is 2.41. The van der Waals surface area contributed by atoms with Crippen LogP contribution in [0.4, 0.5) is 5.69 Å². The molecule has 1 aliphatic rings. The molecule has 0 unspecified atom stereocenters. The molecular formula is C16H8Cl3NO3. The molecule has 3 rings (SSSR count). The van der Waals surface area contributed by atoms with Gasteiger partial charge in [-0.1, -0.05) is 59.1 Å². The number of nitrogens with one attached hydrogen (secondary N) is 1. The highest BCUT2D eigenvalue weighted by Gasteiger charge is 2.32. The van der Waals surface area contributed by atoms with Gasteiger partial charge in [0, 0.05) is 16.8 Å². The first-order valence-electron chi connectivity index (χ1n) is 6.49. The van der Waals surface area contributed by atoms with Crippen LogP contribution in [0.1, 0.15) is 20.7 Å². The van der Waals surface area contributed by atoms with Crippen molar-refractivity contribution in [3.63, 3.8) is 0 Å². The van der Waals surface area contributed by atoms with Crippen molar-refractivity contribution in [2.75, 3.05) is 5.32 Å². The smallest absolute Gasteiger partial charge is 0.276 e. The molecule has 2 aromatic rings. The number of rotatable bonds is 1. The molecule has 2 aromatic carbocycles. The number of hydrogen-bond acceptors (Lipinski definition) is 3. The Balaban J connectivity index is 2.09. The molecule has 0 fully saturated rings. The summed E-state index contributed by atoms with van der Waals surface area (Å²) in [4.78, 5) is 36.0. The molecule has 0 saturated heterocycles. The van der Waals surface area contributed by atoms with Gasteiger partial charge in [0.2, 0.25) is 11.6 Å². The molecule has 4 nitrogen and oxygen atoms in total. The highest BCUT2D eigenvalue weighted by atomic mass is 35.6. The second-order valence-corrected chi connectivity index (χ2v) is 7.20. The zero-order chi connectivity index (χ0) is 16.8. The Morgan fingerprint density at radius 1 is 0.826 bits per heavy atom.